The first kappa shape index (κ1) is 15.7. The molecule has 1 unspecified atom stereocenters. The lowest BCUT2D eigenvalue weighted by Crippen LogP contribution is -2.44. The van der Waals surface area contributed by atoms with E-state index < -0.39 is 0 Å². The van der Waals surface area contributed by atoms with E-state index in [0.29, 0.717) is 25.7 Å². The van der Waals surface area contributed by atoms with Crippen LogP contribution in [0, 0.1) is 6.92 Å². The Bertz CT molecular complexity index is 535. The van der Waals surface area contributed by atoms with Crippen molar-refractivity contribution in [1.82, 2.24) is 15.2 Å². The van der Waals surface area contributed by atoms with E-state index in [1.54, 1.807) is 31.1 Å². The summed E-state index contributed by atoms with van der Waals surface area (Å²) in [5, 5.41) is 3.37. The van der Waals surface area contributed by atoms with Crippen LogP contribution >= 0.6 is 0 Å². The first-order valence-electron chi connectivity index (χ1n) is 7.33. The van der Waals surface area contributed by atoms with Crippen molar-refractivity contribution >= 4 is 5.91 Å². The number of aryl methyl sites for hydroxylation is 1. The molecule has 1 aromatic rings. The molecule has 6 nitrogen and oxygen atoms in total. The summed E-state index contributed by atoms with van der Waals surface area (Å²) < 4.78 is 5.07. The monoisotopic (exact) mass is 293 g/mol. The van der Waals surface area contributed by atoms with Crippen molar-refractivity contribution < 1.29 is 9.53 Å². The molecule has 2 N–H and O–H groups in total. The third-order valence-electron chi connectivity index (χ3n) is 3.74. The van der Waals surface area contributed by atoms with E-state index in [4.69, 9.17) is 4.74 Å². The molecule has 1 amide bonds. The maximum absolute atomic E-state index is 12.6. The number of amides is 1. The van der Waals surface area contributed by atoms with Crippen molar-refractivity contribution in [2.75, 3.05) is 33.4 Å². The Morgan fingerprint density at radius 2 is 2.29 bits per heavy atom. The molecule has 2 rings (SSSR count). The number of ether oxygens (including phenoxy) is 1. The van der Waals surface area contributed by atoms with Crippen molar-refractivity contribution in [3.8, 4) is 0 Å². The molecule has 21 heavy (non-hydrogen) atoms. The fourth-order valence-corrected chi connectivity index (χ4v) is 2.57. The molecule has 1 aliphatic heterocycles. The maximum atomic E-state index is 12.6. The molecule has 0 bridgehead atoms. The maximum Gasteiger partial charge on any atom is 0.260 e. The molecule has 0 aliphatic carbocycles. The van der Waals surface area contributed by atoms with Gasteiger partial charge < -0.3 is 19.9 Å². The summed E-state index contributed by atoms with van der Waals surface area (Å²) in [6.07, 6.45) is 2.18. The standard InChI is InChI=1S/C15H23N3O3/c1-11-5-6-13(14(19)17-11)15(20)18(8-9-21-2)10-12-4-3-7-16-12/h5-6,12,16H,3-4,7-10H2,1-2H3,(H,17,19). The number of nitrogens with zero attached hydrogens (tertiary/aromatic N) is 1. The van der Waals surface area contributed by atoms with Gasteiger partial charge in [0, 0.05) is 31.9 Å². The molecule has 2 heterocycles. The Kier molecular flexibility index (Phi) is 5.52. The molecule has 1 fully saturated rings. The Hall–Kier alpha value is -1.66. The Balaban J connectivity index is 2.13. The first-order chi connectivity index (χ1) is 10.1. The molecular formula is C15H23N3O3. The summed E-state index contributed by atoms with van der Waals surface area (Å²) in [4.78, 5) is 28.9. The van der Waals surface area contributed by atoms with Gasteiger partial charge in [-0.2, -0.15) is 0 Å². The summed E-state index contributed by atoms with van der Waals surface area (Å²) in [5.41, 5.74) is 0.606. The number of rotatable bonds is 6. The number of methoxy groups -OCH3 is 1. The van der Waals surface area contributed by atoms with Crippen molar-refractivity contribution in [2.45, 2.75) is 25.8 Å². The fourth-order valence-electron chi connectivity index (χ4n) is 2.57. The normalized spacial score (nSPS) is 17.9. The molecule has 0 radical (unpaired) electrons. The molecule has 6 heteroatoms. The van der Waals surface area contributed by atoms with Crippen molar-refractivity contribution in [2.24, 2.45) is 0 Å². The predicted octanol–water partition coefficient (Wildman–Crippen LogP) is 0.524. The minimum atomic E-state index is -0.332. The third-order valence-corrected chi connectivity index (χ3v) is 3.74. The van der Waals surface area contributed by atoms with Gasteiger partial charge in [-0.25, -0.2) is 0 Å². The van der Waals surface area contributed by atoms with Crippen LogP contribution in [0.25, 0.3) is 0 Å². The number of carbonyl (C=O) groups excluding carboxylic acids is 1. The summed E-state index contributed by atoms with van der Waals surface area (Å²) >= 11 is 0. The molecule has 1 aromatic heterocycles. The van der Waals surface area contributed by atoms with E-state index in [-0.39, 0.29) is 17.0 Å². The van der Waals surface area contributed by atoms with Gasteiger partial charge in [0.1, 0.15) is 5.56 Å². The molecule has 1 saturated heterocycles. The quantitative estimate of drug-likeness (QED) is 0.802. The van der Waals surface area contributed by atoms with Crippen LogP contribution in [0.5, 0.6) is 0 Å². The SMILES string of the molecule is COCCN(CC1CCCN1)C(=O)c1ccc(C)[nH]c1=O. The molecule has 1 atom stereocenters. The van der Waals surface area contributed by atoms with Crippen LogP contribution in [-0.2, 0) is 4.74 Å². The number of aromatic amines is 1. The highest BCUT2D eigenvalue weighted by molar-refractivity contribution is 5.93. The summed E-state index contributed by atoms with van der Waals surface area (Å²) in [6, 6.07) is 3.64. The zero-order valence-electron chi connectivity index (χ0n) is 12.6. The number of carbonyl (C=O) groups is 1. The van der Waals surface area contributed by atoms with E-state index in [1.165, 1.54) is 0 Å². The highest BCUT2D eigenvalue weighted by Gasteiger charge is 2.23. The minimum Gasteiger partial charge on any atom is -0.383 e. The Morgan fingerprint density at radius 1 is 1.48 bits per heavy atom. The van der Waals surface area contributed by atoms with Crippen molar-refractivity contribution in [3.05, 3.63) is 33.7 Å². The van der Waals surface area contributed by atoms with Crippen molar-refractivity contribution in [1.29, 1.82) is 0 Å². The second kappa shape index (κ2) is 7.38. The van der Waals surface area contributed by atoms with Gasteiger partial charge in [0.25, 0.3) is 11.5 Å². The van der Waals surface area contributed by atoms with Crippen molar-refractivity contribution in [3.63, 3.8) is 0 Å². The van der Waals surface area contributed by atoms with Crippen LogP contribution < -0.4 is 10.9 Å². The van der Waals surface area contributed by atoms with Crippen LogP contribution in [0.15, 0.2) is 16.9 Å². The van der Waals surface area contributed by atoms with Gasteiger partial charge in [0.2, 0.25) is 0 Å². The van der Waals surface area contributed by atoms with Crippen LogP contribution in [0.4, 0.5) is 0 Å². The van der Waals surface area contributed by atoms with E-state index in [9.17, 15) is 9.59 Å². The molecule has 0 aromatic carbocycles. The highest BCUT2D eigenvalue weighted by Crippen LogP contribution is 2.09. The smallest absolute Gasteiger partial charge is 0.260 e. The zero-order chi connectivity index (χ0) is 15.2. The van der Waals surface area contributed by atoms with Gasteiger partial charge >= 0.3 is 0 Å². The number of nitrogens with one attached hydrogen (secondary N) is 2. The summed E-state index contributed by atoms with van der Waals surface area (Å²) in [5.74, 6) is -0.234. The number of aromatic nitrogens is 1. The van der Waals surface area contributed by atoms with Gasteiger partial charge in [-0.05, 0) is 38.4 Å². The van der Waals surface area contributed by atoms with Gasteiger partial charge in [-0.1, -0.05) is 0 Å². The van der Waals surface area contributed by atoms with E-state index in [0.717, 1.165) is 25.1 Å². The second-order valence-corrected chi connectivity index (χ2v) is 5.42. The average Bonchev–Trinajstić information content (AvgIpc) is 2.95. The van der Waals surface area contributed by atoms with Crippen LogP contribution in [0.1, 0.15) is 28.9 Å². The van der Waals surface area contributed by atoms with Gasteiger partial charge in [0.15, 0.2) is 0 Å². The minimum absolute atomic E-state index is 0.190. The Morgan fingerprint density at radius 3 is 2.90 bits per heavy atom. The number of hydrogen-bond donors (Lipinski definition) is 2. The largest absolute Gasteiger partial charge is 0.383 e. The first-order valence-corrected chi connectivity index (χ1v) is 7.33. The summed E-state index contributed by atoms with van der Waals surface area (Å²) in [6.45, 7) is 4.33. The van der Waals surface area contributed by atoms with Crippen LogP contribution in [-0.4, -0.2) is 55.2 Å². The lowest BCUT2D eigenvalue weighted by molar-refractivity contribution is 0.0677. The van der Waals surface area contributed by atoms with E-state index in [2.05, 4.69) is 10.3 Å². The highest BCUT2D eigenvalue weighted by atomic mass is 16.5. The fraction of sp³-hybridized carbons (Fsp3) is 0.600. The lowest BCUT2D eigenvalue weighted by atomic mass is 10.1. The molecule has 116 valence electrons. The van der Waals surface area contributed by atoms with Gasteiger partial charge in [-0.15, -0.1) is 0 Å². The van der Waals surface area contributed by atoms with Gasteiger partial charge in [-0.3, -0.25) is 9.59 Å². The molecular weight excluding hydrogens is 270 g/mol. The second-order valence-electron chi connectivity index (χ2n) is 5.42. The Labute approximate surface area is 124 Å². The lowest BCUT2D eigenvalue weighted by Gasteiger charge is -2.25. The van der Waals surface area contributed by atoms with Crippen LogP contribution in [0.3, 0.4) is 0 Å². The van der Waals surface area contributed by atoms with E-state index in [1.807, 2.05) is 0 Å². The molecule has 1 aliphatic rings. The van der Waals surface area contributed by atoms with E-state index >= 15 is 0 Å². The number of H-pyrrole nitrogens is 1. The molecule has 0 spiro atoms. The molecule has 0 saturated carbocycles. The number of pyridine rings is 1. The average molecular weight is 293 g/mol. The third kappa shape index (κ3) is 4.15. The van der Waals surface area contributed by atoms with Gasteiger partial charge in [0.05, 0.1) is 6.61 Å². The predicted molar refractivity (Wildman–Crippen MR) is 80.6 cm³/mol. The zero-order valence-corrected chi connectivity index (χ0v) is 12.6. The topological polar surface area (TPSA) is 74.4 Å². The summed E-state index contributed by atoms with van der Waals surface area (Å²) in [7, 11) is 1.61. The van der Waals surface area contributed by atoms with Crippen LogP contribution in [0.2, 0.25) is 0 Å². The number of hydrogen-bond acceptors (Lipinski definition) is 4.